The summed E-state index contributed by atoms with van der Waals surface area (Å²) in [5.41, 5.74) is 1.99. The van der Waals surface area contributed by atoms with Gasteiger partial charge >= 0.3 is 0 Å². The molecule has 0 aliphatic heterocycles. The summed E-state index contributed by atoms with van der Waals surface area (Å²) >= 11 is 0. The lowest BCUT2D eigenvalue weighted by atomic mass is 9.83. The first-order valence-electron chi connectivity index (χ1n) is 9.12. The quantitative estimate of drug-likeness (QED) is 0.878. The van der Waals surface area contributed by atoms with Crippen molar-refractivity contribution < 1.29 is 9.84 Å². The molecule has 134 valence electrons. The highest BCUT2D eigenvalue weighted by Crippen LogP contribution is 2.34. The van der Waals surface area contributed by atoms with E-state index >= 15 is 0 Å². The molecular formula is C21H27NO3. The molecule has 1 N–H and O–H groups in total. The molecule has 1 fully saturated rings. The third-order valence-electron chi connectivity index (χ3n) is 5.29. The van der Waals surface area contributed by atoms with E-state index in [0.29, 0.717) is 18.1 Å². The third-order valence-corrected chi connectivity index (χ3v) is 5.29. The van der Waals surface area contributed by atoms with E-state index in [1.165, 1.54) is 5.56 Å². The van der Waals surface area contributed by atoms with Crippen LogP contribution in [0.25, 0.3) is 0 Å². The Balaban J connectivity index is 1.53. The Hall–Kier alpha value is -1.91. The van der Waals surface area contributed by atoms with Gasteiger partial charge in [-0.2, -0.15) is 0 Å². The van der Waals surface area contributed by atoms with Crippen molar-refractivity contribution in [3.05, 3.63) is 70.1 Å². The Labute approximate surface area is 149 Å². The fraction of sp³-hybridized carbons (Fsp3) is 0.476. The molecule has 2 aromatic rings. The molecule has 1 aliphatic carbocycles. The number of aliphatic hydroxyl groups is 1. The molecule has 3 rings (SSSR count). The number of aliphatic hydroxyl groups excluding tert-OH is 1. The van der Waals surface area contributed by atoms with Crippen LogP contribution in [0.5, 0.6) is 0 Å². The van der Waals surface area contributed by atoms with Crippen LogP contribution in [0.1, 0.15) is 48.6 Å². The number of pyridine rings is 1. The lowest BCUT2D eigenvalue weighted by Gasteiger charge is -2.30. The molecule has 0 radical (unpaired) electrons. The van der Waals surface area contributed by atoms with Crippen LogP contribution >= 0.6 is 0 Å². The summed E-state index contributed by atoms with van der Waals surface area (Å²) in [6.45, 7) is 0.328. The molecule has 1 aromatic carbocycles. The van der Waals surface area contributed by atoms with Crippen LogP contribution in [-0.4, -0.2) is 29.0 Å². The predicted octanol–water partition coefficient (Wildman–Crippen LogP) is 3.20. The van der Waals surface area contributed by atoms with Gasteiger partial charge in [-0.05, 0) is 43.2 Å². The van der Waals surface area contributed by atoms with Crippen LogP contribution in [0, 0.1) is 0 Å². The molecular weight excluding hydrogens is 314 g/mol. The van der Waals surface area contributed by atoms with Crippen molar-refractivity contribution in [1.82, 2.24) is 4.57 Å². The van der Waals surface area contributed by atoms with E-state index in [1.807, 2.05) is 6.07 Å². The van der Waals surface area contributed by atoms with Gasteiger partial charge in [0.05, 0.1) is 19.3 Å². The molecule has 0 spiro atoms. The van der Waals surface area contributed by atoms with E-state index in [0.717, 1.165) is 25.7 Å². The van der Waals surface area contributed by atoms with Gasteiger partial charge in [0.15, 0.2) is 0 Å². The van der Waals surface area contributed by atoms with Gasteiger partial charge in [0.1, 0.15) is 0 Å². The van der Waals surface area contributed by atoms with Crippen molar-refractivity contribution in [2.75, 3.05) is 13.2 Å². The Morgan fingerprint density at radius 3 is 2.52 bits per heavy atom. The second-order valence-corrected chi connectivity index (χ2v) is 6.98. The Bertz CT molecular complexity index is 717. The number of benzene rings is 1. The van der Waals surface area contributed by atoms with Crippen molar-refractivity contribution in [3.63, 3.8) is 0 Å². The first kappa shape index (κ1) is 17.9. The van der Waals surface area contributed by atoms with Gasteiger partial charge in [0, 0.05) is 24.7 Å². The number of ether oxygens (including phenoxy) is 1. The zero-order valence-electron chi connectivity index (χ0n) is 14.8. The van der Waals surface area contributed by atoms with Gasteiger partial charge in [0.25, 0.3) is 5.56 Å². The number of rotatable bonds is 6. The molecule has 1 atom stereocenters. The second kappa shape index (κ2) is 8.45. The number of aryl methyl sites for hydroxylation is 1. The number of hydrogen-bond acceptors (Lipinski definition) is 3. The summed E-state index contributed by atoms with van der Waals surface area (Å²) in [4.78, 5) is 12.2. The van der Waals surface area contributed by atoms with Gasteiger partial charge in [-0.15, -0.1) is 0 Å². The highest BCUT2D eigenvalue weighted by Gasteiger charge is 2.24. The summed E-state index contributed by atoms with van der Waals surface area (Å²) < 4.78 is 7.61. The van der Waals surface area contributed by atoms with E-state index in [-0.39, 0.29) is 24.2 Å². The fourth-order valence-electron chi connectivity index (χ4n) is 3.71. The number of nitrogens with zero attached hydrogens (tertiary/aromatic N) is 1. The Morgan fingerprint density at radius 2 is 1.84 bits per heavy atom. The summed E-state index contributed by atoms with van der Waals surface area (Å²) in [7, 11) is 1.73. The average Bonchev–Trinajstić information content (AvgIpc) is 2.66. The average molecular weight is 341 g/mol. The van der Waals surface area contributed by atoms with E-state index in [4.69, 9.17) is 4.74 Å². The summed E-state index contributed by atoms with van der Waals surface area (Å²) in [6.07, 6.45) is 6.28. The Kier molecular flexibility index (Phi) is 6.05. The molecule has 1 saturated carbocycles. The van der Waals surface area contributed by atoms with Crippen molar-refractivity contribution in [2.45, 2.75) is 43.6 Å². The molecule has 4 nitrogen and oxygen atoms in total. The number of aromatic nitrogens is 1. The summed E-state index contributed by atoms with van der Waals surface area (Å²) in [5.74, 6) is 0.364. The second-order valence-electron chi connectivity index (χ2n) is 6.98. The summed E-state index contributed by atoms with van der Waals surface area (Å²) in [6, 6.07) is 14.3. The van der Waals surface area contributed by atoms with Crippen LogP contribution in [-0.2, 0) is 11.8 Å². The van der Waals surface area contributed by atoms with Gasteiger partial charge in [-0.3, -0.25) is 4.79 Å². The molecule has 4 heteroatoms. The lowest BCUT2D eigenvalue weighted by Crippen LogP contribution is -2.28. The molecule has 1 aliphatic rings. The van der Waals surface area contributed by atoms with Crippen molar-refractivity contribution >= 4 is 0 Å². The topological polar surface area (TPSA) is 51.5 Å². The summed E-state index contributed by atoms with van der Waals surface area (Å²) in [5, 5.41) is 9.69. The first-order valence-corrected chi connectivity index (χ1v) is 9.12. The van der Waals surface area contributed by atoms with Crippen molar-refractivity contribution in [2.24, 2.45) is 7.05 Å². The van der Waals surface area contributed by atoms with Crippen LogP contribution in [0.15, 0.2) is 53.5 Å². The van der Waals surface area contributed by atoms with Crippen LogP contribution in [0.4, 0.5) is 0 Å². The zero-order valence-corrected chi connectivity index (χ0v) is 14.8. The van der Waals surface area contributed by atoms with Crippen molar-refractivity contribution in [3.8, 4) is 0 Å². The highest BCUT2D eigenvalue weighted by molar-refractivity contribution is 5.20. The minimum absolute atomic E-state index is 0.0575. The molecule has 0 amide bonds. The van der Waals surface area contributed by atoms with Crippen LogP contribution < -0.4 is 5.56 Å². The van der Waals surface area contributed by atoms with E-state index in [2.05, 4.69) is 30.3 Å². The molecule has 1 aromatic heterocycles. The minimum atomic E-state index is -0.258. The minimum Gasteiger partial charge on any atom is -0.396 e. The zero-order chi connectivity index (χ0) is 17.6. The molecule has 0 bridgehead atoms. The SMILES string of the molecule is Cn1cccc(C(CO)CO[C@H]2CC[C@@H](c3ccccc3)CC2)c1=O. The molecule has 1 heterocycles. The largest absolute Gasteiger partial charge is 0.396 e. The smallest absolute Gasteiger partial charge is 0.253 e. The first-order chi connectivity index (χ1) is 12.2. The highest BCUT2D eigenvalue weighted by atomic mass is 16.5. The van der Waals surface area contributed by atoms with Gasteiger partial charge in [0.2, 0.25) is 0 Å². The van der Waals surface area contributed by atoms with E-state index < -0.39 is 0 Å². The van der Waals surface area contributed by atoms with Crippen LogP contribution in [0.2, 0.25) is 0 Å². The maximum atomic E-state index is 12.2. The van der Waals surface area contributed by atoms with E-state index in [9.17, 15) is 9.90 Å². The van der Waals surface area contributed by atoms with Gasteiger partial charge < -0.3 is 14.4 Å². The normalized spacial score (nSPS) is 21.8. The lowest BCUT2D eigenvalue weighted by molar-refractivity contribution is 0.00885. The monoisotopic (exact) mass is 341 g/mol. The molecule has 25 heavy (non-hydrogen) atoms. The predicted molar refractivity (Wildman–Crippen MR) is 98.9 cm³/mol. The Morgan fingerprint density at radius 1 is 1.12 bits per heavy atom. The van der Waals surface area contributed by atoms with Crippen molar-refractivity contribution in [1.29, 1.82) is 0 Å². The number of hydrogen-bond donors (Lipinski definition) is 1. The van der Waals surface area contributed by atoms with Crippen LogP contribution in [0.3, 0.4) is 0 Å². The van der Waals surface area contributed by atoms with Gasteiger partial charge in [-0.25, -0.2) is 0 Å². The maximum Gasteiger partial charge on any atom is 0.253 e. The van der Waals surface area contributed by atoms with E-state index in [1.54, 1.807) is 23.9 Å². The molecule has 1 unspecified atom stereocenters. The van der Waals surface area contributed by atoms with Gasteiger partial charge in [-0.1, -0.05) is 36.4 Å². The maximum absolute atomic E-state index is 12.2. The fourth-order valence-corrected chi connectivity index (χ4v) is 3.71. The molecule has 0 saturated heterocycles. The third kappa shape index (κ3) is 4.39. The standard InChI is InChI=1S/C21H27NO3/c1-22-13-5-8-20(21(22)24)18(14-23)15-25-19-11-9-17(10-12-19)16-6-3-2-4-7-16/h2-8,13,17-19,23H,9-12,14-15H2,1H3/t17-,18?,19+.